The summed E-state index contributed by atoms with van der Waals surface area (Å²) in [7, 11) is 1.63. The fraction of sp³-hybridized carbons (Fsp3) is 0.440. The van der Waals surface area contributed by atoms with Crippen LogP contribution in [0, 0.1) is 0 Å². The second-order valence-electron chi connectivity index (χ2n) is 8.48. The lowest BCUT2D eigenvalue weighted by molar-refractivity contribution is 0.0939. The number of methoxy groups -OCH3 is 1. The predicted molar refractivity (Wildman–Crippen MR) is 123 cm³/mol. The van der Waals surface area contributed by atoms with Gasteiger partial charge in [0.1, 0.15) is 5.75 Å². The van der Waals surface area contributed by atoms with E-state index in [2.05, 4.69) is 16.7 Å². The Morgan fingerprint density at radius 1 is 1.06 bits per heavy atom. The maximum Gasteiger partial charge on any atom is 0.317 e. The van der Waals surface area contributed by atoms with Crippen LogP contribution in [0.4, 0.5) is 4.79 Å². The second kappa shape index (κ2) is 10.3. The van der Waals surface area contributed by atoms with Gasteiger partial charge in [0, 0.05) is 30.6 Å². The largest absolute Gasteiger partial charge is 0.497 e. The van der Waals surface area contributed by atoms with Crippen LogP contribution in [0.5, 0.6) is 5.75 Å². The molecule has 0 aliphatic carbocycles. The number of benzene rings is 2. The molecule has 6 nitrogen and oxygen atoms in total. The van der Waals surface area contributed by atoms with E-state index in [9.17, 15) is 9.59 Å². The number of urea groups is 1. The Labute approximate surface area is 185 Å². The van der Waals surface area contributed by atoms with Gasteiger partial charge in [-0.1, -0.05) is 24.3 Å². The Morgan fingerprint density at radius 2 is 1.81 bits per heavy atom. The number of nitrogens with zero attached hydrogens (tertiary/aromatic N) is 1. The molecule has 31 heavy (non-hydrogen) atoms. The van der Waals surface area contributed by atoms with Crippen LogP contribution >= 0.6 is 0 Å². The number of piperidine rings is 1. The van der Waals surface area contributed by atoms with Crippen LogP contribution < -0.4 is 15.4 Å². The molecule has 2 aromatic carbocycles. The maximum atomic E-state index is 12.9. The molecule has 2 N–H and O–H groups in total. The fourth-order valence-electron chi connectivity index (χ4n) is 3.96. The number of carbonyl (C=O) groups is 2. The van der Waals surface area contributed by atoms with E-state index >= 15 is 0 Å². The highest BCUT2D eigenvalue weighted by Gasteiger charge is 2.25. The minimum absolute atomic E-state index is 0.0121. The van der Waals surface area contributed by atoms with Crippen molar-refractivity contribution in [3.05, 3.63) is 65.2 Å². The number of likely N-dealkylation sites (tertiary alicyclic amines) is 1. The zero-order valence-corrected chi connectivity index (χ0v) is 18.9. The summed E-state index contributed by atoms with van der Waals surface area (Å²) in [6, 6.07) is 15.5. The minimum atomic E-state index is -0.119. The third-order valence-electron chi connectivity index (χ3n) is 5.70. The van der Waals surface area contributed by atoms with E-state index in [1.807, 2.05) is 68.1 Å². The smallest absolute Gasteiger partial charge is 0.317 e. The van der Waals surface area contributed by atoms with Crippen LogP contribution in [0.25, 0.3) is 0 Å². The highest BCUT2D eigenvalue weighted by molar-refractivity contribution is 5.94. The van der Waals surface area contributed by atoms with Crippen molar-refractivity contribution in [2.45, 2.75) is 51.6 Å². The summed E-state index contributed by atoms with van der Waals surface area (Å²) >= 11 is 0. The Bertz CT molecular complexity index is 895. The van der Waals surface area contributed by atoms with Gasteiger partial charge >= 0.3 is 6.03 Å². The molecule has 2 atom stereocenters. The van der Waals surface area contributed by atoms with E-state index in [0.717, 1.165) is 36.3 Å². The highest BCUT2D eigenvalue weighted by atomic mass is 16.5. The van der Waals surface area contributed by atoms with Crippen molar-refractivity contribution in [1.29, 1.82) is 0 Å². The summed E-state index contributed by atoms with van der Waals surface area (Å²) in [5, 5.41) is 6.05. The average Bonchev–Trinajstić information content (AvgIpc) is 2.78. The molecule has 6 heteroatoms. The highest BCUT2D eigenvalue weighted by Crippen LogP contribution is 2.28. The normalized spacial score (nSPS) is 17.2. The molecule has 0 unspecified atom stereocenters. The van der Waals surface area contributed by atoms with Crippen LogP contribution in [0.2, 0.25) is 0 Å². The zero-order valence-electron chi connectivity index (χ0n) is 18.9. The van der Waals surface area contributed by atoms with E-state index < -0.39 is 0 Å². The molecule has 1 saturated heterocycles. The topological polar surface area (TPSA) is 70.7 Å². The SMILES string of the molecule is COc1ccc([C@H](C)NC(=O)c2cccc([C@H]3CCCN(C(=O)NC(C)C)C3)c2)cc1. The summed E-state index contributed by atoms with van der Waals surface area (Å²) in [6.07, 6.45) is 1.97. The molecular weight excluding hydrogens is 390 g/mol. The summed E-state index contributed by atoms with van der Waals surface area (Å²) < 4.78 is 5.20. The van der Waals surface area contributed by atoms with Crippen LogP contribution in [-0.2, 0) is 0 Å². The molecule has 1 fully saturated rings. The van der Waals surface area contributed by atoms with Gasteiger partial charge in [-0.3, -0.25) is 4.79 Å². The van der Waals surface area contributed by atoms with Gasteiger partial charge in [-0.05, 0) is 69.0 Å². The molecule has 3 amide bonds. The third kappa shape index (κ3) is 6.00. The van der Waals surface area contributed by atoms with E-state index in [4.69, 9.17) is 4.74 Å². The first-order chi connectivity index (χ1) is 14.9. The first-order valence-electron chi connectivity index (χ1n) is 11.0. The number of nitrogens with one attached hydrogen (secondary N) is 2. The summed E-state index contributed by atoms with van der Waals surface area (Å²) in [5.41, 5.74) is 2.76. The van der Waals surface area contributed by atoms with E-state index in [-0.39, 0.29) is 29.9 Å². The van der Waals surface area contributed by atoms with Crippen molar-refractivity contribution >= 4 is 11.9 Å². The zero-order chi connectivity index (χ0) is 22.4. The Hall–Kier alpha value is -3.02. The molecule has 0 spiro atoms. The van der Waals surface area contributed by atoms with Crippen molar-refractivity contribution in [1.82, 2.24) is 15.5 Å². The van der Waals surface area contributed by atoms with E-state index in [1.54, 1.807) is 7.11 Å². The average molecular weight is 424 g/mol. The Balaban J connectivity index is 1.66. The molecule has 2 aromatic rings. The molecule has 1 heterocycles. The van der Waals surface area contributed by atoms with Crippen molar-refractivity contribution < 1.29 is 14.3 Å². The maximum absolute atomic E-state index is 12.9. The Kier molecular flexibility index (Phi) is 7.55. The summed E-state index contributed by atoms with van der Waals surface area (Å²) in [5.74, 6) is 0.924. The van der Waals surface area contributed by atoms with Crippen LogP contribution in [-0.4, -0.2) is 43.1 Å². The van der Waals surface area contributed by atoms with Gasteiger partial charge in [0.05, 0.1) is 13.2 Å². The lowest BCUT2D eigenvalue weighted by Crippen LogP contribution is -2.47. The van der Waals surface area contributed by atoms with Crippen molar-refractivity contribution in [2.75, 3.05) is 20.2 Å². The standard InChI is InChI=1S/C25H33N3O3/c1-17(2)26-25(30)28-14-6-9-22(16-28)20-7-5-8-21(15-20)24(29)27-18(3)19-10-12-23(31-4)13-11-19/h5,7-8,10-13,15,17-18,22H,6,9,14,16H2,1-4H3,(H,26,30)(H,27,29)/t18-,22-/m0/s1. The number of hydrogen-bond acceptors (Lipinski definition) is 3. The van der Waals surface area contributed by atoms with Gasteiger partial charge in [-0.2, -0.15) is 0 Å². The molecule has 0 bridgehead atoms. The van der Waals surface area contributed by atoms with Gasteiger partial charge in [-0.15, -0.1) is 0 Å². The van der Waals surface area contributed by atoms with Crippen LogP contribution in [0.3, 0.4) is 0 Å². The quantitative estimate of drug-likeness (QED) is 0.719. The van der Waals surface area contributed by atoms with Gasteiger partial charge in [-0.25, -0.2) is 4.79 Å². The van der Waals surface area contributed by atoms with E-state index in [1.165, 1.54) is 0 Å². The number of hydrogen-bond donors (Lipinski definition) is 2. The molecule has 0 saturated carbocycles. The first kappa shape index (κ1) is 22.7. The summed E-state index contributed by atoms with van der Waals surface area (Å²) in [6.45, 7) is 7.35. The molecule has 0 radical (unpaired) electrons. The molecule has 1 aliphatic rings. The number of carbonyl (C=O) groups excluding carboxylic acids is 2. The molecular formula is C25H33N3O3. The van der Waals surface area contributed by atoms with Crippen molar-refractivity contribution in [2.24, 2.45) is 0 Å². The predicted octanol–water partition coefficient (Wildman–Crippen LogP) is 4.48. The van der Waals surface area contributed by atoms with Gasteiger partial charge in [0.25, 0.3) is 5.91 Å². The third-order valence-corrected chi connectivity index (χ3v) is 5.70. The number of rotatable bonds is 6. The number of amides is 3. The monoisotopic (exact) mass is 423 g/mol. The Morgan fingerprint density at radius 3 is 2.48 bits per heavy atom. The van der Waals surface area contributed by atoms with Gasteiger partial charge in [0.2, 0.25) is 0 Å². The molecule has 3 rings (SSSR count). The molecule has 0 aromatic heterocycles. The minimum Gasteiger partial charge on any atom is -0.497 e. The van der Waals surface area contributed by atoms with Crippen molar-refractivity contribution in [3.63, 3.8) is 0 Å². The van der Waals surface area contributed by atoms with Crippen LogP contribution in [0.15, 0.2) is 48.5 Å². The first-order valence-corrected chi connectivity index (χ1v) is 11.0. The van der Waals surface area contributed by atoms with Gasteiger partial charge < -0.3 is 20.3 Å². The molecule has 166 valence electrons. The van der Waals surface area contributed by atoms with Crippen LogP contribution in [0.1, 0.15) is 67.1 Å². The lowest BCUT2D eigenvalue weighted by atomic mass is 9.89. The number of ether oxygens (including phenoxy) is 1. The molecule has 1 aliphatic heterocycles. The van der Waals surface area contributed by atoms with Gasteiger partial charge in [0.15, 0.2) is 0 Å². The van der Waals surface area contributed by atoms with Crippen molar-refractivity contribution in [3.8, 4) is 5.75 Å². The summed E-state index contributed by atoms with van der Waals surface area (Å²) in [4.78, 5) is 27.2. The lowest BCUT2D eigenvalue weighted by Gasteiger charge is -2.33. The fourth-order valence-corrected chi connectivity index (χ4v) is 3.96. The van der Waals surface area contributed by atoms with E-state index in [0.29, 0.717) is 12.1 Å². The second-order valence-corrected chi connectivity index (χ2v) is 8.48.